The molecule has 0 bridgehead atoms. The van der Waals surface area contributed by atoms with Crippen LogP contribution in [0.1, 0.15) is 31.9 Å². The molecule has 0 aromatic heterocycles. The second kappa shape index (κ2) is 5.04. The number of benzene rings is 1. The van der Waals surface area contributed by atoms with Gasteiger partial charge in [0.1, 0.15) is 11.2 Å². The summed E-state index contributed by atoms with van der Waals surface area (Å²) in [6.45, 7) is 7.98. The number of β-amino-alcohol motifs (C(OH)–C–C–N with tert-alkyl or cyclic N) is 1. The van der Waals surface area contributed by atoms with Crippen LogP contribution in [0, 0.1) is 6.92 Å². The van der Waals surface area contributed by atoms with E-state index >= 15 is 0 Å². The molecule has 1 N–H and O–H groups in total. The van der Waals surface area contributed by atoms with Crippen molar-refractivity contribution in [1.82, 2.24) is 4.90 Å². The van der Waals surface area contributed by atoms with Gasteiger partial charge in [-0.25, -0.2) is 4.79 Å². The van der Waals surface area contributed by atoms with E-state index in [2.05, 4.69) is 15.9 Å². The van der Waals surface area contributed by atoms with Crippen molar-refractivity contribution in [1.29, 1.82) is 0 Å². The van der Waals surface area contributed by atoms with E-state index < -0.39 is 11.2 Å². The number of hydrogen-bond donors (Lipinski definition) is 1. The number of ether oxygens (including phenoxy) is 1. The van der Waals surface area contributed by atoms with Crippen molar-refractivity contribution >= 4 is 22.0 Å². The highest BCUT2D eigenvalue weighted by Gasteiger charge is 2.47. The Morgan fingerprint density at radius 3 is 2.50 bits per heavy atom. The highest BCUT2D eigenvalue weighted by Crippen LogP contribution is 2.37. The maximum atomic E-state index is 11.9. The van der Waals surface area contributed by atoms with Gasteiger partial charge in [0.2, 0.25) is 0 Å². The standard InChI is InChI=1S/C15H20BrNO3/c1-10-5-6-11(12(16)7-10)15(19)8-17(9-15)13(18)20-14(2,3)4/h5-7,19H,8-9H2,1-4H3. The molecule has 1 aromatic rings. The first-order chi connectivity index (χ1) is 9.11. The molecule has 20 heavy (non-hydrogen) atoms. The van der Waals surface area contributed by atoms with Crippen molar-refractivity contribution in [3.8, 4) is 0 Å². The van der Waals surface area contributed by atoms with Gasteiger partial charge in [0.25, 0.3) is 0 Å². The van der Waals surface area contributed by atoms with Gasteiger partial charge in [-0.15, -0.1) is 0 Å². The molecular formula is C15H20BrNO3. The van der Waals surface area contributed by atoms with Crippen LogP contribution in [0.2, 0.25) is 0 Å². The average Bonchev–Trinajstić information content (AvgIpc) is 2.22. The minimum Gasteiger partial charge on any atom is -0.444 e. The summed E-state index contributed by atoms with van der Waals surface area (Å²) in [5.74, 6) is 0. The Kier molecular flexibility index (Phi) is 3.86. The number of rotatable bonds is 1. The maximum absolute atomic E-state index is 11.9. The molecule has 1 aromatic carbocycles. The summed E-state index contributed by atoms with van der Waals surface area (Å²) in [5.41, 5.74) is 0.411. The number of carbonyl (C=O) groups excluding carboxylic acids is 1. The van der Waals surface area contributed by atoms with E-state index in [1.165, 1.54) is 4.90 Å². The van der Waals surface area contributed by atoms with Crippen molar-refractivity contribution in [2.75, 3.05) is 13.1 Å². The fraction of sp³-hybridized carbons (Fsp3) is 0.533. The highest BCUT2D eigenvalue weighted by atomic mass is 79.9. The molecule has 0 saturated carbocycles. The number of halogens is 1. The lowest BCUT2D eigenvalue weighted by molar-refractivity contribution is -0.104. The molecule has 0 radical (unpaired) electrons. The van der Waals surface area contributed by atoms with Crippen molar-refractivity contribution in [3.05, 3.63) is 33.8 Å². The van der Waals surface area contributed by atoms with Gasteiger partial charge in [0.15, 0.2) is 0 Å². The van der Waals surface area contributed by atoms with Gasteiger partial charge < -0.3 is 14.7 Å². The zero-order valence-electron chi connectivity index (χ0n) is 12.2. The first-order valence-corrected chi connectivity index (χ1v) is 7.37. The van der Waals surface area contributed by atoms with Crippen LogP contribution in [0.4, 0.5) is 4.79 Å². The fourth-order valence-electron chi connectivity index (χ4n) is 2.21. The molecular weight excluding hydrogens is 322 g/mol. The van der Waals surface area contributed by atoms with Crippen LogP contribution >= 0.6 is 15.9 Å². The van der Waals surface area contributed by atoms with Crippen molar-refractivity contribution in [2.45, 2.75) is 38.9 Å². The minimum absolute atomic E-state index is 0.254. The molecule has 1 heterocycles. The molecule has 1 aliphatic heterocycles. The Hall–Kier alpha value is -1.07. The van der Waals surface area contributed by atoms with Crippen LogP contribution in [-0.2, 0) is 10.3 Å². The SMILES string of the molecule is Cc1ccc(C2(O)CN(C(=O)OC(C)(C)C)C2)c(Br)c1. The van der Waals surface area contributed by atoms with Crippen LogP contribution < -0.4 is 0 Å². The summed E-state index contributed by atoms with van der Waals surface area (Å²) >= 11 is 3.47. The Bertz CT molecular complexity index is 530. The average molecular weight is 342 g/mol. The highest BCUT2D eigenvalue weighted by molar-refractivity contribution is 9.10. The van der Waals surface area contributed by atoms with Crippen LogP contribution in [0.3, 0.4) is 0 Å². The summed E-state index contributed by atoms with van der Waals surface area (Å²) in [6.07, 6.45) is -0.384. The zero-order chi connectivity index (χ0) is 15.1. The quantitative estimate of drug-likeness (QED) is 0.853. The zero-order valence-corrected chi connectivity index (χ0v) is 13.8. The lowest BCUT2D eigenvalue weighted by atomic mass is 9.86. The normalized spacial score (nSPS) is 17.6. The monoisotopic (exact) mass is 341 g/mol. The first-order valence-electron chi connectivity index (χ1n) is 6.58. The van der Waals surface area contributed by atoms with E-state index in [0.29, 0.717) is 0 Å². The number of nitrogens with zero attached hydrogens (tertiary/aromatic N) is 1. The Labute approximate surface area is 127 Å². The third-order valence-corrected chi connectivity index (χ3v) is 3.84. The van der Waals surface area contributed by atoms with Crippen LogP contribution in [0.15, 0.2) is 22.7 Å². The van der Waals surface area contributed by atoms with E-state index in [9.17, 15) is 9.90 Å². The van der Waals surface area contributed by atoms with Gasteiger partial charge in [-0.2, -0.15) is 0 Å². The Morgan fingerprint density at radius 2 is 2.00 bits per heavy atom. The Morgan fingerprint density at radius 1 is 1.40 bits per heavy atom. The lowest BCUT2D eigenvalue weighted by Crippen LogP contribution is -2.62. The van der Waals surface area contributed by atoms with Gasteiger partial charge >= 0.3 is 6.09 Å². The first kappa shape index (κ1) is 15.3. The molecule has 4 nitrogen and oxygen atoms in total. The molecule has 1 aliphatic rings. The summed E-state index contributed by atoms with van der Waals surface area (Å²) in [6, 6.07) is 5.81. The minimum atomic E-state index is -0.997. The number of aliphatic hydroxyl groups is 1. The lowest BCUT2D eigenvalue weighted by Gasteiger charge is -2.46. The molecule has 2 rings (SSSR count). The van der Waals surface area contributed by atoms with Gasteiger partial charge in [-0.05, 0) is 39.3 Å². The molecule has 0 atom stereocenters. The molecule has 1 fully saturated rings. The largest absolute Gasteiger partial charge is 0.444 e. The smallest absolute Gasteiger partial charge is 0.410 e. The number of carbonyl (C=O) groups is 1. The molecule has 0 unspecified atom stereocenters. The van der Waals surface area contributed by atoms with Crippen molar-refractivity contribution < 1.29 is 14.6 Å². The third-order valence-electron chi connectivity index (χ3n) is 3.18. The molecule has 5 heteroatoms. The second-order valence-corrected chi connectivity index (χ2v) is 7.21. The maximum Gasteiger partial charge on any atom is 0.410 e. The third kappa shape index (κ3) is 3.15. The topological polar surface area (TPSA) is 49.8 Å². The second-order valence-electron chi connectivity index (χ2n) is 6.35. The van der Waals surface area contributed by atoms with E-state index in [4.69, 9.17) is 4.74 Å². The van der Waals surface area contributed by atoms with Crippen LogP contribution in [0.25, 0.3) is 0 Å². The number of hydrogen-bond acceptors (Lipinski definition) is 3. The molecule has 1 saturated heterocycles. The van der Waals surface area contributed by atoms with E-state index in [0.717, 1.165) is 15.6 Å². The van der Waals surface area contributed by atoms with Gasteiger partial charge in [-0.1, -0.05) is 28.1 Å². The molecule has 1 amide bonds. The summed E-state index contributed by atoms with van der Waals surface area (Å²) < 4.78 is 6.15. The van der Waals surface area contributed by atoms with E-state index in [-0.39, 0.29) is 19.2 Å². The number of aryl methyl sites for hydroxylation is 1. The summed E-state index contributed by atoms with van der Waals surface area (Å²) in [5, 5.41) is 10.6. The van der Waals surface area contributed by atoms with Crippen molar-refractivity contribution in [3.63, 3.8) is 0 Å². The van der Waals surface area contributed by atoms with Gasteiger partial charge in [0.05, 0.1) is 13.1 Å². The van der Waals surface area contributed by atoms with E-state index in [1.807, 2.05) is 45.9 Å². The fourth-order valence-corrected chi connectivity index (χ4v) is 3.07. The van der Waals surface area contributed by atoms with E-state index in [1.54, 1.807) is 0 Å². The van der Waals surface area contributed by atoms with Gasteiger partial charge in [-0.3, -0.25) is 0 Å². The molecule has 0 spiro atoms. The van der Waals surface area contributed by atoms with Gasteiger partial charge in [0, 0.05) is 10.0 Å². The van der Waals surface area contributed by atoms with Crippen LogP contribution in [-0.4, -0.2) is 34.8 Å². The Balaban J connectivity index is 2.05. The summed E-state index contributed by atoms with van der Waals surface area (Å²) in [4.78, 5) is 13.4. The molecule has 0 aliphatic carbocycles. The summed E-state index contributed by atoms with van der Waals surface area (Å²) in [7, 11) is 0. The predicted molar refractivity (Wildman–Crippen MR) is 80.6 cm³/mol. The van der Waals surface area contributed by atoms with Crippen molar-refractivity contribution in [2.24, 2.45) is 0 Å². The van der Waals surface area contributed by atoms with Crippen LogP contribution in [0.5, 0.6) is 0 Å². The number of amides is 1. The molecule has 110 valence electrons. The predicted octanol–water partition coefficient (Wildman–Crippen LogP) is 3.20. The number of likely N-dealkylation sites (tertiary alicyclic amines) is 1.